The summed E-state index contributed by atoms with van der Waals surface area (Å²) in [6.45, 7) is 0.586. The van der Waals surface area contributed by atoms with Gasteiger partial charge in [0.1, 0.15) is 6.54 Å². The van der Waals surface area contributed by atoms with Crippen molar-refractivity contribution in [1.29, 1.82) is 0 Å². The van der Waals surface area contributed by atoms with Crippen molar-refractivity contribution in [2.24, 2.45) is 23.2 Å². The van der Waals surface area contributed by atoms with Crippen LogP contribution in [-0.2, 0) is 17.5 Å². The number of carbonyl (C=O) groups is 1. The van der Waals surface area contributed by atoms with Gasteiger partial charge in [0.2, 0.25) is 11.7 Å². The third-order valence-electron chi connectivity index (χ3n) is 7.01. The van der Waals surface area contributed by atoms with Gasteiger partial charge < -0.3 is 5.32 Å². The molecule has 1 aromatic heterocycles. The first-order valence-corrected chi connectivity index (χ1v) is 10.5. The van der Waals surface area contributed by atoms with E-state index in [0.717, 1.165) is 34.7 Å². The summed E-state index contributed by atoms with van der Waals surface area (Å²) in [5, 5.41) is 14.8. The molecule has 6 nitrogen and oxygen atoms in total. The van der Waals surface area contributed by atoms with E-state index < -0.39 is 11.7 Å². The van der Waals surface area contributed by atoms with Crippen LogP contribution in [0.1, 0.15) is 44.1 Å². The smallest absolute Gasteiger partial charge is 0.354 e. The van der Waals surface area contributed by atoms with Crippen LogP contribution in [0.2, 0.25) is 0 Å². The number of hydrogen-bond acceptors (Lipinski definition) is 4. The molecule has 0 spiro atoms. The monoisotopic (exact) mass is 419 g/mol. The minimum Gasteiger partial charge on any atom is -0.354 e. The minimum absolute atomic E-state index is 0.0648. The molecule has 4 saturated carbocycles. The van der Waals surface area contributed by atoms with Crippen molar-refractivity contribution in [2.75, 3.05) is 6.54 Å². The van der Waals surface area contributed by atoms with E-state index in [2.05, 4.69) is 20.7 Å². The van der Waals surface area contributed by atoms with Crippen molar-refractivity contribution in [3.8, 4) is 11.4 Å². The van der Waals surface area contributed by atoms with E-state index in [4.69, 9.17) is 0 Å². The van der Waals surface area contributed by atoms with Crippen LogP contribution in [0, 0.1) is 23.2 Å². The van der Waals surface area contributed by atoms with Gasteiger partial charge in [-0.05, 0) is 79.0 Å². The van der Waals surface area contributed by atoms with Gasteiger partial charge >= 0.3 is 6.18 Å². The SMILES string of the molecule is O=C(Cn1nnc(-c2cccc(C(F)(F)F)c2)n1)NCC12CC3CC(CC(C3)C1)C2. The Balaban J connectivity index is 1.20. The van der Waals surface area contributed by atoms with Crippen LogP contribution < -0.4 is 5.32 Å². The Morgan fingerprint density at radius 1 is 1.13 bits per heavy atom. The van der Waals surface area contributed by atoms with Crippen LogP contribution in [0.25, 0.3) is 11.4 Å². The maximum absolute atomic E-state index is 12.9. The highest BCUT2D eigenvalue weighted by Gasteiger charge is 2.50. The van der Waals surface area contributed by atoms with E-state index in [1.807, 2.05) is 0 Å². The molecule has 0 aliphatic heterocycles. The maximum atomic E-state index is 12.9. The third kappa shape index (κ3) is 3.81. The Morgan fingerprint density at radius 3 is 2.43 bits per heavy atom. The topological polar surface area (TPSA) is 72.7 Å². The zero-order valence-electron chi connectivity index (χ0n) is 16.5. The van der Waals surface area contributed by atoms with Gasteiger partial charge in [0.15, 0.2) is 0 Å². The molecule has 4 fully saturated rings. The Bertz CT molecular complexity index is 919. The van der Waals surface area contributed by atoms with Gasteiger partial charge in [0.25, 0.3) is 0 Å². The summed E-state index contributed by atoms with van der Waals surface area (Å²) in [6, 6.07) is 4.76. The van der Waals surface area contributed by atoms with Crippen molar-refractivity contribution in [3.05, 3.63) is 29.8 Å². The zero-order chi connectivity index (χ0) is 20.9. The van der Waals surface area contributed by atoms with Crippen molar-refractivity contribution in [1.82, 2.24) is 25.5 Å². The summed E-state index contributed by atoms with van der Waals surface area (Å²) in [7, 11) is 0. The van der Waals surface area contributed by atoms with Crippen LogP contribution in [0.3, 0.4) is 0 Å². The molecule has 1 N–H and O–H groups in total. The highest BCUT2D eigenvalue weighted by molar-refractivity contribution is 5.75. The van der Waals surface area contributed by atoms with Gasteiger partial charge in [-0.25, -0.2) is 0 Å². The fraction of sp³-hybridized carbons (Fsp3) is 0.619. The molecule has 0 saturated heterocycles. The number of nitrogens with one attached hydrogen (secondary N) is 1. The molecule has 4 aliphatic carbocycles. The number of benzene rings is 1. The van der Waals surface area contributed by atoms with Crippen molar-refractivity contribution in [2.45, 2.75) is 51.2 Å². The average molecular weight is 419 g/mol. The number of alkyl halides is 3. The fourth-order valence-corrected chi connectivity index (χ4v) is 6.24. The molecule has 0 unspecified atom stereocenters. The van der Waals surface area contributed by atoms with Crippen LogP contribution in [-0.4, -0.2) is 32.7 Å². The minimum atomic E-state index is -4.44. The summed E-state index contributed by atoms with van der Waals surface area (Å²) in [5.74, 6) is 2.33. The number of aromatic nitrogens is 4. The molecule has 1 amide bonds. The number of hydrogen-bond donors (Lipinski definition) is 1. The van der Waals surface area contributed by atoms with Gasteiger partial charge in [-0.3, -0.25) is 4.79 Å². The van der Waals surface area contributed by atoms with Gasteiger partial charge in [0, 0.05) is 12.1 Å². The average Bonchev–Trinajstić information content (AvgIpc) is 3.13. The van der Waals surface area contributed by atoms with Gasteiger partial charge in [-0.15, -0.1) is 10.2 Å². The molecule has 1 heterocycles. The molecule has 6 rings (SSSR count). The molecule has 1 aromatic carbocycles. The van der Waals surface area contributed by atoms with E-state index in [-0.39, 0.29) is 29.3 Å². The molecule has 9 heteroatoms. The van der Waals surface area contributed by atoms with E-state index in [9.17, 15) is 18.0 Å². The maximum Gasteiger partial charge on any atom is 0.416 e. The molecule has 4 bridgehead atoms. The van der Waals surface area contributed by atoms with Crippen molar-refractivity contribution in [3.63, 3.8) is 0 Å². The lowest BCUT2D eigenvalue weighted by molar-refractivity contribution is -0.137. The van der Waals surface area contributed by atoms with Crippen LogP contribution >= 0.6 is 0 Å². The van der Waals surface area contributed by atoms with Crippen LogP contribution in [0.15, 0.2) is 24.3 Å². The number of halogens is 3. The molecule has 0 radical (unpaired) electrons. The van der Waals surface area contributed by atoms with Gasteiger partial charge in [0.05, 0.1) is 5.56 Å². The summed E-state index contributed by atoms with van der Waals surface area (Å²) in [5.41, 5.74) is -0.321. The quantitative estimate of drug-likeness (QED) is 0.802. The lowest BCUT2D eigenvalue weighted by Gasteiger charge is -2.56. The molecule has 0 atom stereocenters. The first-order chi connectivity index (χ1) is 14.3. The third-order valence-corrected chi connectivity index (χ3v) is 7.01. The second-order valence-electron chi connectivity index (χ2n) is 9.42. The van der Waals surface area contributed by atoms with Gasteiger partial charge in [-0.1, -0.05) is 12.1 Å². The normalized spacial score (nSPS) is 29.9. The zero-order valence-corrected chi connectivity index (χ0v) is 16.5. The lowest BCUT2D eigenvalue weighted by Crippen LogP contribution is -2.51. The molecule has 4 aliphatic rings. The Kier molecular flexibility index (Phi) is 4.59. The fourth-order valence-electron chi connectivity index (χ4n) is 6.24. The molecule has 2 aromatic rings. The molecular formula is C21H24F3N5O. The van der Waals surface area contributed by atoms with Crippen LogP contribution in [0.5, 0.6) is 0 Å². The number of nitrogens with zero attached hydrogens (tertiary/aromatic N) is 4. The van der Waals surface area contributed by atoms with Crippen molar-refractivity contribution < 1.29 is 18.0 Å². The number of amides is 1. The molecule has 30 heavy (non-hydrogen) atoms. The summed E-state index contributed by atoms with van der Waals surface area (Å²) < 4.78 is 38.7. The summed E-state index contributed by atoms with van der Waals surface area (Å²) >= 11 is 0. The Morgan fingerprint density at radius 2 is 1.80 bits per heavy atom. The van der Waals surface area contributed by atoms with E-state index >= 15 is 0 Å². The highest BCUT2D eigenvalue weighted by atomic mass is 19.4. The standard InChI is InChI=1S/C21H24F3N5O/c22-21(23,24)17-3-1-2-16(7-17)19-26-28-29(27-19)11-18(30)25-12-20-8-13-4-14(9-20)6-15(5-13)10-20/h1-3,7,13-15H,4-6,8-12H2,(H,25,30). The Labute approximate surface area is 172 Å². The molecular weight excluding hydrogens is 395 g/mol. The van der Waals surface area contributed by atoms with E-state index in [1.165, 1.54) is 50.7 Å². The number of carbonyl (C=O) groups excluding carboxylic acids is 1. The largest absolute Gasteiger partial charge is 0.416 e. The number of tetrazole rings is 1. The highest BCUT2D eigenvalue weighted by Crippen LogP contribution is 2.59. The summed E-state index contributed by atoms with van der Waals surface area (Å²) in [4.78, 5) is 13.6. The molecule has 160 valence electrons. The Hall–Kier alpha value is -2.45. The predicted octanol–water partition coefficient (Wildman–Crippen LogP) is 3.69. The van der Waals surface area contributed by atoms with E-state index in [1.54, 1.807) is 0 Å². The number of rotatable bonds is 5. The second-order valence-corrected chi connectivity index (χ2v) is 9.42. The first-order valence-electron chi connectivity index (χ1n) is 10.5. The van der Waals surface area contributed by atoms with Gasteiger partial charge in [-0.2, -0.15) is 18.0 Å². The predicted molar refractivity (Wildman–Crippen MR) is 102 cm³/mol. The van der Waals surface area contributed by atoms with E-state index in [0.29, 0.717) is 6.54 Å². The lowest BCUT2D eigenvalue weighted by atomic mass is 9.49. The van der Waals surface area contributed by atoms with Crippen molar-refractivity contribution >= 4 is 5.91 Å². The second kappa shape index (κ2) is 7.06. The first kappa shape index (κ1) is 19.5. The van der Waals surface area contributed by atoms with Crippen LogP contribution in [0.4, 0.5) is 13.2 Å². The summed E-state index contributed by atoms with van der Waals surface area (Å²) in [6.07, 6.45) is 3.25.